The summed E-state index contributed by atoms with van der Waals surface area (Å²) < 4.78 is 16.2. The van der Waals surface area contributed by atoms with Crippen molar-refractivity contribution in [3.63, 3.8) is 0 Å². The number of likely N-dealkylation sites (tertiary alicyclic amines) is 1. The zero-order valence-corrected chi connectivity index (χ0v) is 17.4. The van der Waals surface area contributed by atoms with Crippen LogP contribution in [0, 0.1) is 5.82 Å². The van der Waals surface area contributed by atoms with Crippen molar-refractivity contribution in [3.05, 3.63) is 92.3 Å². The van der Waals surface area contributed by atoms with Gasteiger partial charge in [0.15, 0.2) is 0 Å². The molecule has 5 rings (SSSR count). The predicted octanol–water partition coefficient (Wildman–Crippen LogP) is 1.57. The molecule has 0 aliphatic carbocycles. The predicted molar refractivity (Wildman–Crippen MR) is 114 cm³/mol. The standard InChI is InChI=1S/C23H22FN5O3/c24-18-5-1-4-17(13-18)19(30)27-10-6-23(7-11-27)8-12-28-20(31)21(32)29(26-22(23)28)15-16-3-2-9-25-14-16/h1-5,9,13-14H,6-8,10-12,15H2. The molecule has 0 radical (unpaired) electrons. The third-order valence-corrected chi connectivity index (χ3v) is 6.56. The van der Waals surface area contributed by atoms with Crippen molar-refractivity contribution in [2.24, 2.45) is 0 Å². The van der Waals surface area contributed by atoms with Gasteiger partial charge in [0, 0.05) is 43.0 Å². The molecule has 8 nitrogen and oxygen atoms in total. The fourth-order valence-corrected chi connectivity index (χ4v) is 4.76. The van der Waals surface area contributed by atoms with Crippen LogP contribution in [0.2, 0.25) is 0 Å². The number of pyridine rings is 1. The van der Waals surface area contributed by atoms with Gasteiger partial charge in [-0.3, -0.25) is 23.9 Å². The molecule has 2 aliphatic heterocycles. The summed E-state index contributed by atoms with van der Waals surface area (Å²) in [4.78, 5) is 43.9. The largest absolute Gasteiger partial charge is 0.339 e. The van der Waals surface area contributed by atoms with E-state index < -0.39 is 16.9 Å². The third-order valence-electron chi connectivity index (χ3n) is 6.56. The number of fused-ring (bicyclic) bond motifs is 2. The molecule has 0 atom stereocenters. The van der Waals surface area contributed by atoms with Gasteiger partial charge >= 0.3 is 11.1 Å². The van der Waals surface area contributed by atoms with E-state index in [-0.39, 0.29) is 17.9 Å². The van der Waals surface area contributed by atoms with Gasteiger partial charge in [-0.25, -0.2) is 9.07 Å². The van der Waals surface area contributed by atoms with Crippen molar-refractivity contribution < 1.29 is 9.18 Å². The van der Waals surface area contributed by atoms with Gasteiger partial charge < -0.3 is 4.90 Å². The highest BCUT2D eigenvalue weighted by atomic mass is 19.1. The third kappa shape index (κ3) is 3.43. The zero-order valence-electron chi connectivity index (χ0n) is 17.4. The van der Waals surface area contributed by atoms with Crippen LogP contribution in [0.4, 0.5) is 4.39 Å². The summed E-state index contributed by atoms with van der Waals surface area (Å²) in [7, 11) is 0. The first-order valence-electron chi connectivity index (χ1n) is 10.6. The molecule has 164 valence electrons. The number of nitrogens with zero attached hydrogens (tertiary/aromatic N) is 5. The van der Waals surface area contributed by atoms with Gasteiger partial charge in [0.25, 0.3) is 5.91 Å². The van der Waals surface area contributed by atoms with Gasteiger partial charge in [-0.1, -0.05) is 12.1 Å². The van der Waals surface area contributed by atoms with E-state index in [0.717, 1.165) is 5.56 Å². The molecule has 0 N–H and O–H groups in total. The Morgan fingerprint density at radius 1 is 1.03 bits per heavy atom. The number of carbonyl (C=O) groups excluding carboxylic acids is 1. The summed E-state index contributed by atoms with van der Waals surface area (Å²) in [6, 6.07) is 9.30. The number of carbonyl (C=O) groups is 1. The Balaban J connectivity index is 1.41. The van der Waals surface area contributed by atoms with Crippen LogP contribution >= 0.6 is 0 Å². The van der Waals surface area contributed by atoms with Crippen molar-refractivity contribution in [2.45, 2.75) is 37.8 Å². The highest BCUT2D eigenvalue weighted by molar-refractivity contribution is 5.94. The number of rotatable bonds is 3. The number of halogens is 1. The van der Waals surface area contributed by atoms with Crippen molar-refractivity contribution in [3.8, 4) is 0 Å². The van der Waals surface area contributed by atoms with Crippen LogP contribution in [0.15, 0.2) is 58.4 Å². The Bertz CT molecular complexity index is 1290. The molecule has 1 saturated heterocycles. The average Bonchev–Trinajstić information content (AvgIpc) is 3.16. The number of benzene rings is 1. The summed E-state index contributed by atoms with van der Waals surface area (Å²) in [5.41, 5.74) is -0.453. The Labute approximate surface area is 182 Å². The van der Waals surface area contributed by atoms with E-state index in [1.807, 2.05) is 6.07 Å². The molecule has 32 heavy (non-hydrogen) atoms. The SMILES string of the molecule is O=C(c1cccc(F)c1)N1CCC2(CC1)CCn1c2nn(Cc2cccnc2)c(=O)c1=O. The Kier molecular flexibility index (Phi) is 4.96. The van der Waals surface area contributed by atoms with E-state index in [2.05, 4.69) is 10.1 Å². The lowest BCUT2D eigenvalue weighted by molar-refractivity contribution is 0.0661. The fourth-order valence-electron chi connectivity index (χ4n) is 4.76. The molecular formula is C23H22FN5O3. The number of hydrogen-bond donors (Lipinski definition) is 0. The number of hydrogen-bond acceptors (Lipinski definition) is 5. The smallest absolute Gasteiger partial charge is 0.332 e. The van der Waals surface area contributed by atoms with Gasteiger partial charge in [0.1, 0.15) is 11.6 Å². The monoisotopic (exact) mass is 435 g/mol. The van der Waals surface area contributed by atoms with E-state index >= 15 is 0 Å². The van der Waals surface area contributed by atoms with E-state index in [1.54, 1.807) is 29.4 Å². The lowest BCUT2D eigenvalue weighted by atomic mass is 9.76. The van der Waals surface area contributed by atoms with Gasteiger partial charge in [0.05, 0.1) is 6.54 Å². The molecular weight excluding hydrogens is 413 g/mol. The number of amides is 1. The molecule has 0 unspecified atom stereocenters. The van der Waals surface area contributed by atoms with Crippen molar-refractivity contribution >= 4 is 5.91 Å². The summed E-state index contributed by atoms with van der Waals surface area (Å²) in [6.45, 7) is 1.58. The first-order valence-corrected chi connectivity index (χ1v) is 10.6. The molecule has 1 spiro atoms. The maximum absolute atomic E-state index is 13.5. The number of piperidine rings is 1. The second-order valence-electron chi connectivity index (χ2n) is 8.44. The quantitative estimate of drug-likeness (QED) is 0.583. The van der Waals surface area contributed by atoms with Crippen LogP contribution in [0.1, 0.15) is 41.0 Å². The van der Waals surface area contributed by atoms with Gasteiger partial charge in [0.2, 0.25) is 0 Å². The normalized spacial score (nSPS) is 16.8. The minimum absolute atomic E-state index is 0.177. The van der Waals surface area contributed by atoms with Gasteiger partial charge in [-0.2, -0.15) is 5.10 Å². The highest BCUT2D eigenvalue weighted by Gasteiger charge is 2.45. The molecule has 2 aromatic heterocycles. The molecule has 1 amide bonds. The van der Waals surface area contributed by atoms with Crippen LogP contribution in [0.25, 0.3) is 0 Å². The minimum Gasteiger partial charge on any atom is -0.339 e. The molecule has 0 saturated carbocycles. The van der Waals surface area contributed by atoms with Crippen LogP contribution in [-0.4, -0.2) is 43.2 Å². The Morgan fingerprint density at radius 2 is 1.81 bits per heavy atom. The number of aromatic nitrogens is 4. The lowest BCUT2D eigenvalue weighted by Gasteiger charge is -2.38. The molecule has 2 aliphatic rings. The minimum atomic E-state index is -0.645. The first kappa shape index (κ1) is 20.3. The Morgan fingerprint density at radius 3 is 2.53 bits per heavy atom. The lowest BCUT2D eigenvalue weighted by Crippen LogP contribution is -2.48. The van der Waals surface area contributed by atoms with E-state index in [4.69, 9.17) is 0 Å². The van der Waals surface area contributed by atoms with E-state index in [0.29, 0.717) is 50.3 Å². The molecule has 9 heteroatoms. The van der Waals surface area contributed by atoms with Crippen molar-refractivity contribution in [1.29, 1.82) is 0 Å². The maximum atomic E-state index is 13.5. The molecule has 1 aromatic carbocycles. The fraction of sp³-hybridized carbons (Fsp3) is 0.348. The second-order valence-corrected chi connectivity index (χ2v) is 8.44. The highest BCUT2D eigenvalue weighted by Crippen LogP contribution is 2.41. The summed E-state index contributed by atoms with van der Waals surface area (Å²) in [6.07, 6.45) is 5.25. The summed E-state index contributed by atoms with van der Waals surface area (Å²) >= 11 is 0. The van der Waals surface area contributed by atoms with E-state index in [9.17, 15) is 18.8 Å². The summed E-state index contributed by atoms with van der Waals surface area (Å²) in [5, 5.41) is 4.61. The van der Waals surface area contributed by atoms with Gasteiger partial charge in [-0.05, 0) is 49.1 Å². The average molecular weight is 435 g/mol. The van der Waals surface area contributed by atoms with Crippen LogP contribution < -0.4 is 11.1 Å². The molecule has 4 heterocycles. The zero-order chi connectivity index (χ0) is 22.3. The maximum Gasteiger partial charge on any atom is 0.332 e. The molecule has 0 bridgehead atoms. The van der Waals surface area contributed by atoms with Crippen molar-refractivity contribution in [2.75, 3.05) is 13.1 Å². The van der Waals surface area contributed by atoms with Gasteiger partial charge in [-0.15, -0.1) is 0 Å². The van der Waals surface area contributed by atoms with Crippen LogP contribution in [0.3, 0.4) is 0 Å². The van der Waals surface area contributed by atoms with Crippen LogP contribution in [0.5, 0.6) is 0 Å². The van der Waals surface area contributed by atoms with Crippen molar-refractivity contribution in [1.82, 2.24) is 24.2 Å². The topological polar surface area (TPSA) is 90.1 Å². The summed E-state index contributed by atoms with van der Waals surface area (Å²) in [5.74, 6) is -0.0303. The molecule has 3 aromatic rings. The first-order chi connectivity index (χ1) is 15.5. The Hall–Kier alpha value is -3.62. The van der Waals surface area contributed by atoms with E-state index in [1.165, 1.54) is 27.4 Å². The second kappa shape index (κ2) is 7.81. The molecule has 1 fully saturated rings. The van der Waals surface area contributed by atoms with Crippen LogP contribution in [-0.2, 0) is 18.5 Å².